The molecule has 0 aliphatic rings. The van der Waals surface area contributed by atoms with Gasteiger partial charge in [-0.2, -0.15) is 0 Å². The Hall–Kier alpha value is -2.12. The van der Waals surface area contributed by atoms with Crippen LogP contribution in [0.25, 0.3) is 10.9 Å². The van der Waals surface area contributed by atoms with Crippen LogP contribution in [-0.2, 0) is 11.3 Å². The first-order chi connectivity index (χ1) is 12.4. The summed E-state index contributed by atoms with van der Waals surface area (Å²) in [6.45, 7) is 7.39. The van der Waals surface area contributed by atoms with Gasteiger partial charge in [-0.15, -0.1) is 6.58 Å². The first kappa shape index (κ1) is 20.2. The van der Waals surface area contributed by atoms with Crippen molar-refractivity contribution < 1.29 is 9.69 Å². The smallest absolute Gasteiger partial charge is 0.262 e. The Bertz CT molecular complexity index is 832. The lowest BCUT2D eigenvalue weighted by molar-refractivity contribution is -0.858. The largest absolute Gasteiger partial charge is 0.352 e. The predicted molar refractivity (Wildman–Crippen MR) is 107 cm³/mol. The summed E-state index contributed by atoms with van der Waals surface area (Å²) in [5.74, 6) is -0.0957. The van der Waals surface area contributed by atoms with Gasteiger partial charge in [-0.1, -0.05) is 30.0 Å². The third-order valence-corrected chi connectivity index (χ3v) is 5.05. The minimum Gasteiger partial charge on any atom is -0.352 e. The van der Waals surface area contributed by atoms with Gasteiger partial charge in [0, 0.05) is 19.5 Å². The van der Waals surface area contributed by atoms with Crippen LogP contribution in [0.3, 0.4) is 0 Å². The number of carbonyl (C=O) groups is 1. The molecule has 2 N–H and O–H groups in total. The molecule has 0 aliphatic heterocycles. The second-order valence-corrected chi connectivity index (χ2v) is 7.78. The van der Waals surface area contributed by atoms with Gasteiger partial charge in [-0.3, -0.25) is 14.2 Å². The Morgan fingerprint density at radius 2 is 2.15 bits per heavy atom. The maximum atomic E-state index is 12.9. The highest BCUT2D eigenvalue weighted by atomic mass is 32.2. The molecule has 0 fully saturated rings. The third kappa shape index (κ3) is 5.19. The Morgan fingerprint density at radius 1 is 1.42 bits per heavy atom. The number of fused-ring (bicyclic) bond motifs is 1. The molecule has 0 unspecified atom stereocenters. The molecular formula is C19H27N4O2S+. The van der Waals surface area contributed by atoms with E-state index in [-0.39, 0.29) is 16.7 Å². The zero-order valence-corrected chi connectivity index (χ0v) is 16.4. The summed E-state index contributed by atoms with van der Waals surface area (Å²) in [5.41, 5.74) is 0.610. The van der Waals surface area contributed by atoms with Crippen LogP contribution in [0.5, 0.6) is 0 Å². The second kappa shape index (κ2) is 9.54. The number of rotatable bonds is 9. The highest BCUT2D eigenvalue weighted by Gasteiger charge is 2.19. The number of nitrogens with zero attached hydrogens (tertiary/aromatic N) is 2. The van der Waals surface area contributed by atoms with Crippen LogP contribution >= 0.6 is 11.8 Å². The van der Waals surface area contributed by atoms with Gasteiger partial charge >= 0.3 is 0 Å². The minimum atomic E-state index is -0.353. The van der Waals surface area contributed by atoms with Crippen molar-refractivity contribution in [3.8, 4) is 0 Å². The van der Waals surface area contributed by atoms with E-state index in [4.69, 9.17) is 0 Å². The fourth-order valence-corrected chi connectivity index (χ4v) is 3.51. The number of carbonyl (C=O) groups excluding carboxylic acids is 1. The zero-order chi connectivity index (χ0) is 19.1. The first-order valence-electron chi connectivity index (χ1n) is 8.78. The number of quaternary nitrogens is 1. The maximum absolute atomic E-state index is 12.9. The summed E-state index contributed by atoms with van der Waals surface area (Å²) < 4.78 is 1.70. The van der Waals surface area contributed by atoms with E-state index in [0.29, 0.717) is 29.1 Å². The van der Waals surface area contributed by atoms with E-state index in [0.717, 1.165) is 13.0 Å². The van der Waals surface area contributed by atoms with Gasteiger partial charge in [-0.05, 0) is 19.1 Å². The summed E-state index contributed by atoms with van der Waals surface area (Å²) >= 11 is 1.32. The zero-order valence-electron chi connectivity index (χ0n) is 15.6. The molecule has 2 aromatic rings. The van der Waals surface area contributed by atoms with Gasteiger partial charge in [-0.25, -0.2) is 4.98 Å². The number of thioether (sulfide) groups is 1. The van der Waals surface area contributed by atoms with Crippen molar-refractivity contribution in [1.29, 1.82) is 0 Å². The van der Waals surface area contributed by atoms with Crippen LogP contribution < -0.4 is 15.8 Å². The first-order valence-corrected chi connectivity index (χ1v) is 9.66. The lowest BCUT2D eigenvalue weighted by atomic mass is 10.2. The Balaban J connectivity index is 2.33. The number of benzene rings is 1. The molecule has 0 aliphatic carbocycles. The van der Waals surface area contributed by atoms with E-state index < -0.39 is 0 Å². The van der Waals surface area contributed by atoms with Gasteiger partial charge in [0.05, 0.1) is 36.8 Å². The molecule has 1 aromatic heterocycles. The fourth-order valence-electron chi connectivity index (χ4n) is 2.55. The summed E-state index contributed by atoms with van der Waals surface area (Å²) in [6, 6.07) is 7.34. The summed E-state index contributed by atoms with van der Waals surface area (Å²) in [4.78, 5) is 31.1. The van der Waals surface area contributed by atoms with Crippen molar-refractivity contribution in [2.75, 3.05) is 27.2 Å². The average molecular weight is 376 g/mol. The highest BCUT2D eigenvalue weighted by Crippen LogP contribution is 2.22. The molecule has 0 saturated heterocycles. The van der Waals surface area contributed by atoms with Gasteiger partial charge < -0.3 is 10.2 Å². The molecular weight excluding hydrogens is 348 g/mol. The number of nitrogens with one attached hydrogen (secondary N) is 2. The number of para-hydroxylation sites is 1. The van der Waals surface area contributed by atoms with Crippen LogP contribution in [0.4, 0.5) is 0 Å². The quantitative estimate of drug-likeness (QED) is 0.385. The Morgan fingerprint density at radius 3 is 2.85 bits per heavy atom. The van der Waals surface area contributed by atoms with Crippen LogP contribution in [0, 0.1) is 0 Å². The normalized spacial score (nSPS) is 12.3. The van der Waals surface area contributed by atoms with E-state index in [9.17, 15) is 9.59 Å². The molecule has 0 radical (unpaired) electrons. The molecule has 26 heavy (non-hydrogen) atoms. The molecule has 2 rings (SSSR count). The van der Waals surface area contributed by atoms with Crippen LogP contribution in [0.15, 0.2) is 46.9 Å². The molecule has 1 amide bonds. The molecule has 6 nitrogen and oxygen atoms in total. The molecule has 0 bridgehead atoms. The SMILES string of the molecule is C=CCNC(=O)[C@H](C)Sc1nc2ccccc2c(=O)n1CCC[NH+](C)C. The van der Waals surface area contributed by atoms with Crippen molar-refractivity contribution >= 4 is 28.6 Å². The molecule has 1 atom stereocenters. The van der Waals surface area contributed by atoms with Gasteiger partial charge in [0.15, 0.2) is 5.16 Å². The predicted octanol–water partition coefficient (Wildman–Crippen LogP) is 0.714. The molecule has 0 saturated carbocycles. The van der Waals surface area contributed by atoms with Crippen LogP contribution in [-0.4, -0.2) is 47.9 Å². The van der Waals surface area contributed by atoms with Crippen molar-refractivity contribution in [2.45, 2.75) is 30.3 Å². The van der Waals surface area contributed by atoms with Crippen molar-refractivity contribution in [3.63, 3.8) is 0 Å². The van der Waals surface area contributed by atoms with Gasteiger partial charge in [0.25, 0.3) is 5.56 Å². The molecule has 140 valence electrons. The minimum absolute atomic E-state index is 0.0504. The number of hydrogen-bond donors (Lipinski definition) is 2. The fraction of sp³-hybridized carbons (Fsp3) is 0.421. The highest BCUT2D eigenvalue weighted by molar-refractivity contribution is 8.00. The van der Waals surface area contributed by atoms with E-state index in [1.165, 1.54) is 16.7 Å². The summed E-state index contributed by atoms with van der Waals surface area (Å²) in [7, 11) is 4.17. The lowest BCUT2D eigenvalue weighted by Gasteiger charge is -2.16. The van der Waals surface area contributed by atoms with Gasteiger partial charge in [0.2, 0.25) is 5.91 Å². The standard InChI is InChI=1S/C19H26N4O2S/c1-5-11-20-17(24)14(2)26-19-21-16-10-7-6-9-15(16)18(25)23(19)13-8-12-22(3)4/h5-7,9-10,14H,1,8,11-13H2,2-4H3,(H,20,24)/p+1/t14-/m0/s1. The number of hydrogen-bond acceptors (Lipinski definition) is 4. The summed E-state index contributed by atoms with van der Waals surface area (Å²) in [5, 5.41) is 3.63. The monoisotopic (exact) mass is 375 g/mol. The van der Waals surface area contributed by atoms with E-state index >= 15 is 0 Å². The molecule has 1 heterocycles. The van der Waals surface area contributed by atoms with Gasteiger partial charge in [0.1, 0.15) is 0 Å². The van der Waals surface area contributed by atoms with E-state index in [1.807, 2.05) is 25.1 Å². The topological polar surface area (TPSA) is 68.4 Å². The average Bonchev–Trinajstić information content (AvgIpc) is 2.61. The lowest BCUT2D eigenvalue weighted by Crippen LogP contribution is -3.05. The maximum Gasteiger partial charge on any atom is 0.262 e. The Kier molecular flexibility index (Phi) is 7.41. The third-order valence-electron chi connectivity index (χ3n) is 3.96. The van der Waals surface area contributed by atoms with Crippen LogP contribution in [0.2, 0.25) is 0 Å². The molecule has 1 aromatic carbocycles. The number of aromatic nitrogens is 2. The molecule has 0 spiro atoms. The summed E-state index contributed by atoms with van der Waals surface area (Å²) in [6.07, 6.45) is 2.51. The van der Waals surface area contributed by atoms with E-state index in [2.05, 4.69) is 31.0 Å². The van der Waals surface area contributed by atoms with Crippen molar-refractivity contribution in [2.24, 2.45) is 0 Å². The number of amides is 1. The van der Waals surface area contributed by atoms with Crippen LogP contribution in [0.1, 0.15) is 13.3 Å². The van der Waals surface area contributed by atoms with E-state index in [1.54, 1.807) is 16.7 Å². The van der Waals surface area contributed by atoms with Crippen molar-refractivity contribution in [3.05, 3.63) is 47.3 Å². The Labute approximate surface area is 158 Å². The molecule has 7 heteroatoms. The van der Waals surface area contributed by atoms with Crippen molar-refractivity contribution in [1.82, 2.24) is 14.9 Å². The second-order valence-electron chi connectivity index (χ2n) is 6.47.